The molecule has 0 radical (unpaired) electrons. The van der Waals surface area contributed by atoms with Gasteiger partial charge in [0.15, 0.2) is 0 Å². The Morgan fingerprint density at radius 2 is 1.75 bits per heavy atom. The van der Waals surface area contributed by atoms with Gasteiger partial charge >= 0.3 is 0 Å². The molecule has 0 fully saturated rings. The molecule has 0 aliphatic heterocycles. The van der Waals surface area contributed by atoms with E-state index in [4.69, 9.17) is 0 Å². The molecular formula is C12H24N2O2. The minimum absolute atomic E-state index is 0.112. The normalized spacial score (nSPS) is 14.0. The molecular weight excluding hydrogens is 204 g/mol. The van der Waals surface area contributed by atoms with Gasteiger partial charge in [0, 0.05) is 13.0 Å². The van der Waals surface area contributed by atoms with Gasteiger partial charge in [-0.05, 0) is 20.3 Å². The summed E-state index contributed by atoms with van der Waals surface area (Å²) in [6, 6.07) is -0.276. The van der Waals surface area contributed by atoms with Crippen molar-refractivity contribution in [2.75, 3.05) is 0 Å². The first-order valence-corrected chi connectivity index (χ1v) is 6.04. The van der Waals surface area contributed by atoms with E-state index in [9.17, 15) is 9.59 Å². The molecule has 0 aromatic rings. The highest BCUT2D eigenvalue weighted by molar-refractivity contribution is 5.86. The highest BCUT2D eigenvalue weighted by Crippen LogP contribution is 2.02. The van der Waals surface area contributed by atoms with Crippen LogP contribution in [0.1, 0.15) is 53.4 Å². The number of hydrogen-bond acceptors (Lipinski definition) is 2. The summed E-state index contributed by atoms with van der Waals surface area (Å²) in [5.41, 5.74) is 0. The molecule has 0 aromatic carbocycles. The molecule has 0 bridgehead atoms. The van der Waals surface area contributed by atoms with Crippen molar-refractivity contribution in [3.63, 3.8) is 0 Å². The van der Waals surface area contributed by atoms with Gasteiger partial charge in [-0.25, -0.2) is 0 Å². The van der Waals surface area contributed by atoms with Gasteiger partial charge in [-0.2, -0.15) is 0 Å². The first-order chi connectivity index (χ1) is 7.47. The molecule has 4 heteroatoms. The van der Waals surface area contributed by atoms with Crippen LogP contribution in [0, 0.1) is 0 Å². The lowest BCUT2D eigenvalue weighted by Gasteiger charge is -2.17. The molecule has 0 spiro atoms. The zero-order valence-electron chi connectivity index (χ0n) is 10.8. The van der Waals surface area contributed by atoms with Crippen LogP contribution in [-0.4, -0.2) is 23.9 Å². The van der Waals surface area contributed by atoms with E-state index in [2.05, 4.69) is 17.6 Å². The second kappa shape index (κ2) is 8.13. The maximum Gasteiger partial charge on any atom is 0.242 e. The van der Waals surface area contributed by atoms with Crippen LogP contribution in [-0.2, 0) is 9.59 Å². The molecule has 0 aliphatic rings. The predicted molar refractivity (Wildman–Crippen MR) is 65.0 cm³/mol. The van der Waals surface area contributed by atoms with Crippen molar-refractivity contribution in [1.82, 2.24) is 10.6 Å². The van der Waals surface area contributed by atoms with Gasteiger partial charge in [0.25, 0.3) is 0 Å². The maximum atomic E-state index is 11.6. The molecule has 0 aromatic heterocycles. The Balaban J connectivity index is 3.80. The van der Waals surface area contributed by atoms with E-state index < -0.39 is 6.04 Å². The molecule has 2 unspecified atom stereocenters. The Morgan fingerprint density at radius 1 is 1.12 bits per heavy atom. The van der Waals surface area contributed by atoms with E-state index in [1.54, 1.807) is 6.92 Å². The van der Waals surface area contributed by atoms with Crippen molar-refractivity contribution in [1.29, 1.82) is 0 Å². The number of rotatable bonds is 7. The van der Waals surface area contributed by atoms with Gasteiger partial charge in [0.05, 0.1) is 0 Å². The summed E-state index contributed by atoms with van der Waals surface area (Å²) in [5.74, 6) is -0.291. The van der Waals surface area contributed by atoms with Crippen LogP contribution in [0.25, 0.3) is 0 Å². The largest absolute Gasteiger partial charge is 0.352 e. The summed E-state index contributed by atoms with van der Waals surface area (Å²) in [7, 11) is 0. The standard InChI is InChI=1S/C12H24N2O2/c1-5-6-7-8-9(2)13-12(16)10(3)14-11(4)15/h9-10H,5-8H2,1-4H3,(H,13,16)(H,14,15). The molecule has 2 amide bonds. The third-order valence-corrected chi connectivity index (χ3v) is 2.44. The molecule has 0 aliphatic carbocycles. The topological polar surface area (TPSA) is 58.2 Å². The van der Waals surface area contributed by atoms with Crippen molar-refractivity contribution in [2.45, 2.75) is 65.5 Å². The summed E-state index contributed by atoms with van der Waals surface area (Å²) in [5, 5.41) is 5.45. The maximum absolute atomic E-state index is 11.6. The summed E-state index contributed by atoms with van der Waals surface area (Å²) >= 11 is 0. The summed E-state index contributed by atoms with van der Waals surface area (Å²) in [6.45, 7) is 7.25. The van der Waals surface area contributed by atoms with Crippen molar-refractivity contribution in [3.8, 4) is 0 Å². The van der Waals surface area contributed by atoms with Gasteiger partial charge < -0.3 is 10.6 Å². The van der Waals surface area contributed by atoms with Crippen LogP contribution in [0.5, 0.6) is 0 Å². The van der Waals surface area contributed by atoms with Gasteiger partial charge in [-0.15, -0.1) is 0 Å². The van der Waals surface area contributed by atoms with Gasteiger partial charge in [0.2, 0.25) is 11.8 Å². The number of carbonyl (C=O) groups excluding carboxylic acids is 2. The summed E-state index contributed by atoms with van der Waals surface area (Å²) in [4.78, 5) is 22.4. The molecule has 0 saturated heterocycles. The third kappa shape index (κ3) is 7.26. The van der Waals surface area contributed by atoms with E-state index in [0.717, 1.165) is 12.8 Å². The number of hydrogen-bond donors (Lipinski definition) is 2. The van der Waals surface area contributed by atoms with Crippen molar-refractivity contribution in [3.05, 3.63) is 0 Å². The van der Waals surface area contributed by atoms with Crippen molar-refractivity contribution >= 4 is 11.8 Å². The van der Waals surface area contributed by atoms with Crippen LogP contribution >= 0.6 is 0 Å². The highest BCUT2D eigenvalue weighted by Gasteiger charge is 2.15. The zero-order chi connectivity index (χ0) is 12.6. The van der Waals surface area contributed by atoms with Crippen molar-refractivity contribution < 1.29 is 9.59 Å². The fraction of sp³-hybridized carbons (Fsp3) is 0.833. The van der Waals surface area contributed by atoms with Gasteiger partial charge in [-0.1, -0.05) is 26.2 Å². The second-order valence-electron chi connectivity index (χ2n) is 4.33. The fourth-order valence-electron chi connectivity index (χ4n) is 1.51. The van der Waals surface area contributed by atoms with Crippen LogP contribution in [0.15, 0.2) is 0 Å². The molecule has 4 nitrogen and oxygen atoms in total. The van der Waals surface area contributed by atoms with E-state index >= 15 is 0 Å². The number of carbonyl (C=O) groups is 2. The number of amides is 2. The van der Waals surface area contributed by atoms with E-state index in [-0.39, 0.29) is 17.9 Å². The van der Waals surface area contributed by atoms with E-state index in [1.807, 2.05) is 6.92 Å². The second-order valence-corrected chi connectivity index (χ2v) is 4.33. The van der Waals surface area contributed by atoms with Crippen LogP contribution in [0.4, 0.5) is 0 Å². The first-order valence-electron chi connectivity index (χ1n) is 6.04. The number of unbranched alkanes of at least 4 members (excludes halogenated alkanes) is 2. The number of nitrogens with one attached hydrogen (secondary N) is 2. The quantitative estimate of drug-likeness (QED) is 0.650. The predicted octanol–water partition coefficient (Wildman–Crippen LogP) is 1.60. The highest BCUT2D eigenvalue weighted by atomic mass is 16.2. The fourth-order valence-corrected chi connectivity index (χ4v) is 1.51. The average Bonchev–Trinajstić information content (AvgIpc) is 2.16. The first kappa shape index (κ1) is 14.9. The van der Waals surface area contributed by atoms with E-state index in [0.29, 0.717) is 0 Å². The third-order valence-electron chi connectivity index (χ3n) is 2.44. The minimum Gasteiger partial charge on any atom is -0.352 e. The van der Waals surface area contributed by atoms with Gasteiger partial charge in [0.1, 0.15) is 6.04 Å². The Kier molecular flexibility index (Phi) is 7.60. The van der Waals surface area contributed by atoms with Gasteiger partial charge in [-0.3, -0.25) is 9.59 Å². The monoisotopic (exact) mass is 228 g/mol. The molecule has 2 atom stereocenters. The van der Waals surface area contributed by atoms with E-state index in [1.165, 1.54) is 19.8 Å². The van der Waals surface area contributed by atoms with Crippen molar-refractivity contribution in [2.24, 2.45) is 0 Å². The van der Waals surface area contributed by atoms with Crippen LogP contribution < -0.4 is 10.6 Å². The molecule has 2 N–H and O–H groups in total. The molecule has 0 saturated carbocycles. The minimum atomic E-state index is -0.453. The SMILES string of the molecule is CCCCCC(C)NC(=O)C(C)NC(C)=O. The Labute approximate surface area is 98.2 Å². The van der Waals surface area contributed by atoms with Crippen LogP contribution in [0.3, 0.4) is 0 Å². The Morgan fingerprint density at radius 3 is 2.25 bits per heavy atom. The lowest BCUT2D eigenvalue weighted by molar-refractivity contribution is -0.128. The lowest BCUT2D eigenvalue weighted by atomic mass is 10.1. The summed E-state index contributed by atoms with van der Waals surface area (Å²) in [6.07, 6.45) is 4.50. The Hall–Kier alpha value is -1.06. The molecule has 94 valence electrons. The molecule has 16 heavy (non-hydrogen) atoms. The smallest absolute Gasteiger partial charge is 0.242 e. The zero-order valence-corrected chi connectivity index (χ0v) is 10.8. The van der Waals surface area contributed by atoms with Crippen LogP contribution in [0.2, 0.25) is 0 Å². The molecule has 0 heterocycles. The summed E-state index contributed by atoms with van der Waals surface area (Å²) < 4.78 is 0. The average molecular weight is 228 g/mol. The molecule has 0 rings (SSSR count). The lowest BCUT2D eigenvalue weighted by Crippen LogP contribution is -2.46. The Bertz CT molecular complexity index is 229.